The topological polar surface area (TPSA) is 29.5 Å². The molecule has 0 bridgehead atoms. The van der Waals surface area contributed by atoms with Crippen molar-refractivity contribution in [2.24, 2.45) is 0 Å². The molecule has 0 aromatic carbocycles. The molecule has 0 aromatic heterocycles. The second-order valence-electron chi connectivity index (χ2n) is 3.83. The van der Waals surface area contributed by atoms with E-state index in [0.717, 1.165) is 6.42 Å². The highest BCUT2D eigenvalue weighted by atomic mass is 19.4. The monoisotopic (exact) mass is 228 g/mol. The molecule has 0 spiro atoms. The van der Waals surface area contributed by atoms with Crippen molar-refractivity contribution in [3.8, 4) is 0 Å². The van der Waals surface area contributed by atoms with E-state index >= 15 is 0 Å². The quantitative estimate of drug-likeness (QED) is 0.679. The first kappa shape index (κ1) is 14.7. The van der Waals surface area contributed by atoms with Crippen LogP contribution in [0.3, 0.4) is 0 Å². The number of rotatable bonds is 7. The molecular formula is C10H19F3O2. The maximum atomic E-state index is 11.9. The predicted molar refractivity (Wildman–Crippen MR) is 51.6 cm³/mol. The van der Waals surface area contributed by atoms with E-state index in [1.807, 2.05) is 13.8 Å². The molecule has 92 valence electrons. The number of unbranched alkanes of at least 4 members (excludes halogenated alkanes) is 2. The molecule has 0 saturated carbocycles. The van der Waals surface area contributed by atoms with Crippen molar-refractivity contribution in [1.82, 2.24) is 0 Å². The predicted octanol–water partition coefficient (Wildman–Crippen LogP) is 2.90. The minimum absolute atomic E-state index is 0.158. The normalized spacial score (nSPS) is 14.6. The van der Waals surface area contributed by atoms with Gasteiger partial charge in [0.1, 0.15) is 6.10 Å². The van der Waals surface area contributed by atoms with Crippen LogP contribution in [0.4, 0.5) is 13.2 Å². The number of hydrogen-bond donors (Lipinski definition) is 1. The molecule has 0 saturated heterocycles. The number of aliphatic hydroxyl groups excluding tert-OH is 1. The lowest BCUT2D eigenvalue weighted by Gasteiger charge is -2.14. The lowest BCUT2D eigenvalue weighted by molar-refractivity contribution is -0.205. The van der Waals surface area contributed by atoms with E-state index in [1.165, 1.54) is 0 Å². The van der Waals surface area contributed by atoms with E-state index in [2.05, 4.69) is 0 Å². The number of alkyl halides is 3. The van der Waals surface area contributed by atoms with Gasteiger partial charge in [-0.05, 0) is 26.7 Å². The third kappa shape index (κ3) is 8.69. The van der Waals surface area contributed by atoms with Crippen molar-refractivity contribution < 1.29 is 23.0 Å². The summed E-state index contributed by atoms with van der Waals surface area (Å²) in [4.78, 5) is 0. The van der Waals surface area contributed by atoms with Crippen LogP contribution >= 0.6 is 0 Å². The van der Waals surface area contributed by atoms with Crippen molar-refractivity contribution >= 4 is 0 Å². The summed E-state index contributed by atoms with van der Waals surface area (Å²) in [6, 6.07) is 0. The zero-order valence-corrected chi connectivity index (χ0v) is 9.18. The maximum absolute atomic E-state index is 11.9. The molecule has 0 aliphatic heterocycles. The fraction of sp³-hybridized carbons (Fsp3) is 1.00. The summed E-state index contributed by atoms with van der Waals surface area (Å²) >= 11 is 0. The number of aliphatic hydroxyl groups is 1. The van der Waals surface area contributed by atoms with Gasteiger partial charge in [0.15, 0.2) is 0 Å². The first-order chi connectivity index (χ1) is 6.84. The Morgan fingerprint density at radius 3 is 2.20 bits per heavy atom. The van der Waals surface area contributed by atoms with Crippen LogP contribution in [-0.4, -0.2) is 30.1 Å². The van der Waals surface area contributed by atoms with Crippen LogP contribution in [0, 0.1) is 0 Å². The molecule has 0 radical (unpaired) electrons. The van der Waals surface area contributed by atoms with Gasteiger partial charge in [0.05, 0.1) is 6.10 Å². The Morgan fingerprint density at radius 2 is 1.73 bits per heavy atom. The summed E-state index contributed by atoms with van der Waals surface area (Å²) < 4.78 is 40.8. The maximum Gasteiger partial charge on any atom is 0.414 e. The van der Waals surface area contributed by atoms with Gasteiger partial charge in [0.25, 0.3) is 0 Å². The van der Waals surface area contributed by atoms with Gasteiger partial charge < -0.3 is 9.84 Å². The van der Waals surface area contributed by atoms with Crippen molar-refractivity contribution in [2.75, 3.05) is 6.61 Å². The van der Waals surface area contributed by atoms with Gasteiger partial charge in [-0.3, -0.25) is 0 Å². The van der Waals surface area contributed by atoms with E-state index in [0.29, 0.717) is 19.4 Å². The summed E-state index contributed by atoms with van der Waals surface area (Å²) in [6.45, 7) is 4.39. The molecule has 0 aliphatic rings. The first-order valence-corrected chi connectivity index (χ1v) is 5.20. The number of ether oxygens (including phenoxy) is 1. The smallest absolute Gasteiger partial charge is 0.384 e. The molecule has 0 aromatic rings. The van der Waals surface area contributed by atoms with Crippen molar-refractivity contribution in [1.29, 1.82) is 0 Å². The lowest BCUT2D eigenvalue weighted by Crippen LogP contribution is -2.28. The zero-order valence-electron chi connectivity index (χ0n) is 9.18. The molecule has 5 heteroatoms. The van der Waals surface area contributed by atoms with Crippen molar-refractivity contribution in [3.63, 3.8) is 0 Å². The zero-order chi connectivity index (χ0) is 11.9. The van der Waals surface area contributed by atoms with E-state index in [-0.39, 0.29) is 12.5 Å². The Bertz CT molecular complexity index is 157. The van der Waals surface area contributed by atoms with Crippen LogP contribution < -0.4 is 0 Å². The molecule has 0 amide bonds. The Labute approximate surface area is 88.4 Å². The first-order valence-electron chi connectivity index (χ1n) is 5.20. The summed E-state index contributed by atoms with van der Waals surface area (Å²) in [5, 5.41) is 8.67. The van der Waals surface area contributed by atoms with Crippen LogP contribution in [0.1, 0.15) is 39.5 Å². The van der Waals surface area contributed by atoms with Crippen LogP contribution in [0.2, 0.25) is 0 Å². The molecule has 1 atom stereocenters. The fourth-order valence-corrected chi connectivity index (χ4v) is 1.10. The Morgan fingerprint density at radius 1 is 1.13 bits per heavy atom. The van der Waals surface area contributed by atoms with Gasteiger partial charge in [-0.15, -0.1) is 0 Å². The standard InChI is InChI=1S/C10H19F3O2/c1-8(2)15-7-5-3-4-6-9(14)10(11,12)13/h8-9,14H,3-7H2,1-2H3/t9-/m0/s1. The summed E-state index contributed by atoms with van der Waals surface area (Å²) in [6.07, 6.45) is -4.95. The average molecular weight is 228 g/mol. The SMILES string of the molecule is CC(C)OCCCCC[C@H](O)C(F)(F)F. The van der Waals surface area contributed by atoms with Gasteiger partial charge >= 0.3 is 6.18 Å². The molecule has 15 heavy (non-hydrogen) atoms. The van der Waals surface area contributed by atoms with Gasteiger partial charge in [-0.1, -0.05) is 12.8 Å². The molecule has 2 nitrogen and oxygen atoms in total. The fourth-order valence-electron chi connectivity index (χ4n) is 1.10. The average Bonchev–Trinajstić information content (AvgIpc) is 2.08. The third-order valence-corrected chi connectivity index (χ3v) is 1.95. The highest BCUT2D eigenvalue weighted by Gasteiger charge is 2.37. The molecular weight excluding hydrogens is 209 g/mol. The van der Waals surface area contributed by atoms with Gasteiger partial charge in [0, 0.05) is 6.61 Å². The third-order valence-electron chi connectivity index (χ3n) is 1.95. The molecule has 0 unspecified atom stereocenters. The second kappa shape index (κ2) is 7.06. The van der Waals surface area contributed by atoms with Crippen molar-refractivity contribution in [2.45, 2.75) is 57.9 Å². The number of halogens is 3. The van der Waals surface area contributed by atoms with Gasteiger partial charge in [-0.2, -0.15) is 13.2 Å². The summed E-state index contributed by atoms with van der Waals surface area (Å²) in [5.41, 5.74) is 0. The molecule has 0 fully saturated rings. The molecule has 0 heterocycles. The highest BCUT2D eigenvalue weighted by Crippen LogP contribution is 2.23. The molecule has 1 N–H and O–H groups in total. The van der Waals surface area contributed by atoms with Crippen LogP contribution in [0.25, 0.3) is 0 Å². The van der Waals surface area contributed by atoms with Crippen molar-refractivity contribution in [3.05, 3.63) is 0 Å². The Balaban J connectivity index is 3.32. The largest absolute Gasteiger partial charge is 0.414 e. The van der Waals surface area contributed by atoms with Gasteiger partial charge in [0.2, 0.25) is 0 Å². The highest BCUT2D eigenvalue weighted by molar-refractivity contribution is 4.64. The van der Waals surface area contributed by atoms with E-state index in [9.17, 15) is 13.2 Å². The Hall–Kier alpha value is -0.290. The van der Waals surface area contributed by atoms with E-state index < -0.39 is 12.3 Å². The number of hydrogen-bond acceptors (Lipinski definition) is 2. The second-order valence-corrected chi connectivity index (χ2v) is 3.83. The Kier molecular flexibility index (Phi) is 6.92. The lowest BCUT2D eigenvalue weighted by atomic mass is 10.1. The molecule has 0 rings (SSSR count). The minimum atomic E-state index is -4.48. The van der Waals surface area contributed by atoms with Crippen LogP contribution in [0.15, 0.2) is 0 Å². The minimum Gasteiger partial charge on any atom is -0.384 e. The molecule has 0 aliphatic carbocycles. The van der Waals surface area contributed by atoms with Crippen LogP contribution in [0.5, 0.6) is 0 Å². The summed E-state index contributed by atoms with van der Waals surface area (Å²) in [7, 11) is 0. The van der Waals surface area contributed by atoms with Crippen LogP contribution in [-0.2, 0) is 4.74 Å². The summed E-state index contributed by atoms with van der Waals surface area (Å²) in [5.74, 6) is 0. The van der Waals surface area contributed by atoms with E-state index in [1.54, 1.807) is 0 Å². The van der Waals surface area contributed by atoms with Gasteiger partial charge in [-0.25, -0.2) is 0 Å². The van der Waals surface area contributed by atoms with E-state index in [4.69, 9.17) is 9.84 Å².